The molecule has 7 fully saturated rings. The quantitative estimate of drug-likeness (QED) is 0.410. The maximum atomic E-state index is 12.7. The Morgan fingerprint density at radius 2 is 1.77 bits per heavy atom. The van der Waals surface area contributed by atoms with Crippen molar-refractivity contribution in [2.75, 3.05) is 13.1 Å². The van der Waals surface area contributed by atoms with Crippen LogP contribution in [0.1, 0.15) is 100 Å². The van der Waals surface area contributed by atoms with Crippen LogP contribution < -0.4 is 10.6 Å². The van der Waals surface area contributed by atoms with Crippen LogP contribution in [0.5, 0.6) is 0 Å². The Balaban J connectivity index is 0.00000289. The smallest absolute Gasteiger partial charge is 0.407 e. The molecule has 0 aromatic rings. The molecule has 2 heterocycles. The summed E-state index contributed by atoms with van der Waals surface area (Å²) in [6, 6.07) is 0.210. The largest absolute Gasteiger partial charge is 0.446 e. The van der Waals surface area contributed by atoms with Gasteiger partial charge in [-0.05, 0) is 118 Å². The summed E-state index contributed by atoms with van der Waals surface area (Å²) in [6.07, 6.45) is 10.7. The molecule has 39 heavy (non-hydrogen) atoms. The molecule has 11 atom stereocenters. The number of carbonyl (C=O) groups excluding carboxylic acids is 1. The number of amides is 1. The van der Waals surface area contributed by atoms with Gasteiger partial charge in [0.25, 0.3) is 0 Å². The Bertz CT molecular complexity index is 1010. The van der Waals surface area contributed by atoms with Crippen molar-refractivity contribution in [1.29, 1.82) is 0 Å². The van der Waals surface area contributed by atoms with E-state index in [2.05, 4.69) is 31.4 Å². The second-order valence-corrected chi connectivity index (χ2v) is 16.3. The number of alkyl carbamates (subject to hydrolysis) is 1. The molecule has 7 unspecified atom stereocenters. The molecule has 2 saturated heterocycles. The van der Waals surface area contributed by atoms with E-state index >= 15 is 0 Å². The third-order valence-corrected chi connectivity index (χ3v) is 14.0. The second-order valence-electron chi connectivity index (χ2n) is 16.3. The van der Waals surface area contributed by atoms with Gasteiger partial charge in [0.05, 0.1) is 23.9 Å². The zero-order chi connectivity index (χ0) is 27.6. The predicted octanol–water partition coefficient (Wildman–Crippen LogP) is 4.64. The van der Waals surface area contributed by atoms with Gasteiger partial charge in [0.15, 0.2) is 0 Å². The highest BCUT2D eigenvalue weighted by Gasteiger charge is 2.81. The highest BCUT2D eigenvalue weighted by atomic mass is 16.6. The molecule has 1 amide bonds. The predicted molar refractivity (Wildman–Crippen MR) is 150 cm³/mol. The molecule has 0 aromatic carbocycles. The molecule has 0 aromatic heterocycles. The van der Waals surface area contributed by atoms with E-state index in [1.54, 1.807) is 13.8 Å². The first-order chi connectivity index (χ1) is 18.3. The summed E-state index contributed by atoms with van der Waals surface area (Å²) in [7, 11) is 0. The number of aliphatic hydroxyl groups is 2. The Morgan fingerprint density at radius 1 is 1.03 bits per heavy atom. The number of ether oxygens (including phenoxy) is 2. The topological polar surface area (TPSA) is 100 Å². The summed E-state index contributed by atoms with van der Waals surface area (Å²) in [5, 5.41) is 27.5. The summed E-state index contributed by atoms with van der Waals surface area (Å²) in [6.45, 7) is 12.4. The molecular weight excluding hydrogens is 492 g/mol. The molecule has 222 valence electrons. The van der Waals surface area contributed by atoms with Gasteiger partial charge in [0, 0.05) is 19.9 Å². The van der Waals surface area contributed by atoms with Crippen molar-refractivity contribution in [3.63, 3.8) is 0 Å². The summed E-state index contributed by atoms with van der Waals surface area (Å²) in [5.41, 5.74) is 0.0625. The van der Waals surface area contributed by atoms with Gasteiger partial charge in [-0.25, -0.2) is 4.79 Å². The average Bonchev–Trinajstić information content (AvgIpc) is 3.42. The number of nitrogens with one attached hydrogen (secondary N) is 2. The van der Waals surface area contributed by atoms with E-state index in [1.807, 2.05) is 0 Å². The van der Waals surface area contributed by atoms with Crippen LogP contribution in [0.3, 0.4) is 0 Å². The van der Waals surface area contributed by atoms with Gasteiger partial charge in [-0.15, -0.1) is 0 Å². The number of carbonyl (C=O) groups is 1. The van der Waals surface area contributed by atoms with E-state index in [4.69, 9.17) is 9.47 Å². The molecule has 7 nitrogen and oxygen atoms in total. The number of hydrogen-bond donors (Lipinski definition) is 4. The molecule has 7 heteroatoms. The number of aliphatic hydroxyl groups excluding tert-OH is 1. The minimum Gasteiger partial charge on any atom is -0.446 e. The minimum absolute atomic E-state index is 0. The highest BCUT2D eigenvalue weighted by Crippen LogP contribution is 2.87. The van der Waals surface area contributed by atoms with E-state index in [0.717, 1.165) is 44.7 Å². The van der Waals surface area contributed by atoms with Crippen molar-refractivity contribution in [2.45, 2.75) is 135 Å². The van der Waals surface area contributed by atoms with Gasteiger partial charge in [0.1, 0.15) is 12.2 Å². The summed E-state index contributed by atoms with van der Waals surface area (Å²) in [5.74, 6) is 2.65. The first kappa shape index (κ1) is 27.0. The lowest BCUT2D eigenvalue weighted by atomic mass is 9.46. The number of fused-ring (bicyclic) bond motifs is 4. The summed E-state index contributed by atoms with van der Waals surface area (Å²) in [4.78, 5) is 12.7. The Hall–Kier alpha value is -0.890. The second kappa shape index (κ2) is 8.58. The maximum Gasteiger partial charge on any atom is 0.407 e. The fraction of sp³-hybridized carbons (Fsp3) is 0.969. The van der Waals surface area contributed by atoms with Crippen LogP contribution in [-0.4, -0.2) is 65.5 Å². The van der Waals surface area contributed by atoms with Crippen LogP contribution in [0, 0.1) is 45.3 Å². The van der Waals surface area contributed by atoms with Crippen molar-refractivity contribution < 1.29 is 25.9 Å². The molecule has 0 radical (unpaired) electrons. The van der Waals surface area contributed by atoms with Gasteiger partial charge in [0.2, 0.25) is 0 Å². The van der Waals surface area contributed by atoms with E-state index in [0.29, 0.717) is 34.0 Å². The lowest BCUT2D eigenvalue weighted by Crippen LogP contribution is -2.59. The minimum atomic E-state index is -1.14. The van der Waals surface area contributed by atoms with E-state index in [9.17, 15) is 15.0 Å². The zero-order valence-corrected chi connectivity index (χ0v) is 24.8. The zero-order valence-electron chi connectivity index (χ0n) is 24.8. The van der Waals surface area contributed by atoms with E-state index < -0.39 is 11.7 Å². The molecule has 2 spiro atoms. The van der Waals surface area contributed by atoms with Crippen molar-refractivity contribution in [3.05, 3.63) is 0 Å². The third-order valence-electron chi connectivity index (χ3n) is 14.0. The number of rotatable bonds is 4. The standard InChI is InChI=1S/C32H52N2O5.H2/c1-28(2)24-9-7-19-21-14-23-20(6-8-22(38-23)26(35)29(3,4)37)30(21,5)12-13-31(19)17-32(24,31)11-10-25(28)39-27(36)34-18-15-33-16-18;/h18-26,33,35,37H,6-17H2,1-5H3,(H,34,36);1H/t19?,20?,21?,22?,23?,24?,25-,26-,30+,31-,32?;/m0./s1. The molecule has 7 aliphatic rings. The van der Waals surface area contributed by atoms with Crippen LogP contribution in [0.2, 0.25) is 0 Å². The Morgan fingerprint density at radius 3 is 2.46 bits per heavy atom. The monoisotopic (exact) mass is 546 g/mol. The molecule has 4 N–H and O–H groups in total. The third kappa shape index (κ3) is 3.71. The average molecular weight is 547 g/mol. The molecule has 7 rings (SSSR count). The Labute approximate surface area is 236 Å². The highest BCUT2D eigenvalue weighted by molar-refractivity contribution is 5.68. The van der Waals surface area contributed by atoms with Gasteiger partial charge in [-0.2, -0.15) is 0 Å². The first-order valence-corrected chi connectivity index (χ1v) is 16.1. The SMILES string of the molecule is CC(C)(O)[C@@H](O)C1CCC2C(CC3C4CCC5C(C)(C)[C@@H](OC(=O)NC6CNC6)CCC56C[C@@]46CC[C@]23C)O1.[HH]. The summed E-state index contributed by atoms with van der Waals surface area (Å²) >= 11 is 0. The lowest BCUT2D eigenvalue weighted by molar-refractivity contribution is -0.177. The van der Waals surface area contributed by atoms with Crippen LogP contribution in [0.25, 0.3) is 0 Å². The molecule has 2 aliphatic heterocycles. The van der Waals surface area contributed by atoms with Crippen LogP contribution in [-0.2, 0) is 9.47 Å². The van der Waals surface area contributed by atoms with Gasteiger partial charge in [-0.1, -0.05) is 20.8 Å². The lowest BCUT2D eigenvalue weighted by Gasteiger charge is -2.59. The maximum absolute atomic E-state index is 12.7. The van der Waals surface area contributed by atoms with Crippen LogP contribution in [0.15, 0.2) is 0 Å². The molecule has 0 bridgehead atoms. The molecule has 5 saturated carbocycles. The molecule has 5 aliphatic carbocycles. The van der Waals surface area contributed by atoms with Crippen LogP contribution >= 0.6 is 0 Å². The fourth-order valence-electron chi connectivity index (χ4n) is 11.9. The molecular formula is C32H54N2O5. The van der Waals surface area contributed by atoms with Crippen molar-refractivity contribution in [3.8, 4) is 0 Å². The fourth-order valence-corrected chi connectivity index (χ4v) is 11.9. The van der Waals surface area contributed by atoms with Crippen molar-refractivity contribution in [1.82, 2.24) is 10.6 Å². The van der Waals surface area contributed by atoms with Gasteiger partial charge < -0.3 is 30.3 Å². The van der Waals surface area contributed by atoms with Gasteiger partial charge in [-0.3, -0.25) is 0 Å². The van der Waals surface area contributed by atoms with Gasteiger partial charge >= 0.3 is 6.09 Å². The normalized spacial score (nSPS) is 50.7. The van der Waals surface area contributed by atoms with Crippen molar-refractivity contribution in [2.24, 2.45) is 45.3 Å². The Kier molecular flexibility index (Phi) is 5.93. The first-order valence-electron chi connectivity index (χ1n) is 16.1. The van der Waals surface area contributed by atoms with E-state index in [1.165, 1.54) is 38.5 Å². The van der Waals surface area contributed by atoms with Crippen molar-refractivity contribution >= 4 is 6.09 Å². The van der Waals surface area contributed by atoms with Crippen LogP contribution in [0.4, 0.5) is 4.79 Å². The summed E-state index contributed by atoms with van der Waals surface area (Å²) < 4.78 is 12.8. The number of hydrogen-bond acceptors (Lipinski definition) is 6. The van der Waals surface area contributed by atoms with E-state index in [-0.39, 0.29) is 37.3 Å².